The number of carbonyl (C=O) groups excluding carboxylic acids is 2. The van der Waals surface area contributed by atoms with Gasteiger partial charge in [0.25, 0.3) is 0 Å². The van der Waals surface area contributed by atoms with Crippen LogP contribution in [0.4, 0.5) is 22.0 Å². The predicted molar refractivity (Wildman–Crippen MR) is 143 cm³/mol. The third-order valence-corrected chi connectivity index (χ3v) is 6.83. The Morgan fingerprint density at radius 1 is 0.610 bits per heavy atom. The third-order valence-electron chi connectivity index (χ3n) is 6.83. The summed E-state index contributed by atoms with van der Waals surface area (Å²) in [6.07, 6.45) is 0.887. The fourth-order valence-electron chi connectivity index (χ4n) is 4.97. The molecular formula is C32H21F5O4. The van der Waals surface area contributed by atoms with Crippen LogP contribution in [-0.4, -0.2) is 11.9 Å². The minimum Gasteiger partial charge on any atom is -0.422 e. The van der Waals surface area contributed by atoms with E-state index in [1.54, 1.807) is 0 Å². The molecule has 0 bridgehead atoms. The van der Waals surface area contributed by atoms with Crippen LogP contribution < -0.4 is 9.47 Å². The summed E-state index contributed by atoms with van der Waals surface area (Å²) in [5.74, 6) is -9.47. The molecule has 0 spiro atoms. The number of benzene rings is 5. The molecule has 9 heteroatoms. The van der Waals surface area contributed by atoms with Crippen molar-refractivity contribution < 1.29 is 41.0 Å². The number of rotatable bonds is 6. The number of hydrogen-bond acceptors (Lipinski definition) is 4. The van der Waals surface area contributed by atoms with Gasteiger partial charge in [0.1, 0.15) is 11.5 Å². The molecule has 208 valence electrons. The highest BCUT2D eigenvalue weighted by Crippen LogP contribution is 2.43. The van der Waals surface area contributed by atoms with Gasteiger partial charge in [-0.1, -0.05) is 38.1 Å². The molecule has 0 aliphatic carbocycles. The number of esters is 2. The molecule has 0 saturated heterocycles. The Balaban J connectivity index is 1.72. The van der Waals surface area contributed by atoms with Crippen LogP contribution in [0.15, 0.2) is 66.7 Å². The number of hydrogen-bond donors (Lipinski definition) is 0. The number of halogens is 5. The van der Waals surface area contributed by atoms with Gasteiger partial charge in [-0.3, -0.25) is 0 Å². The Bertz CT molecular complexity index is 1870. The Morgan fingerprint density at radius 3 is 1.68 bits per heavy atom. The molecule has 5 aromatic carbocycles. The van der Waals surface area contributed by atoms with Gasteiger partial charge in [-0.05, 0) is 77.2 Å². The summed E-state index contributed by atoms with van der Waals surface area (Å²) < 4.78 is 80.2. The van der Waals surface area contributed by atoms with Gasteiger partial charge in [0.2, 0.25) is 0 Å². The van der Waals surface area contributed by atoms with Crippen molar-refractivity contribution in [1.29, 1.82) is 0 Å². The molecule has 0 unspecified atom stereocenters. The maximum atomic E-state index is 14.4. The highest BCUT2D eigenvalue weighted by Gasteiger charge is 2.25. The number of carbonyl (C=O) groups is 2. The zero-order valence-corrected chi connectivity index (χ0v) is 21.8. The van der Waals surface area contributed by atoms with Crippen LogP contribution in [-0.2, 0) is 12.8 Å². The average Bonchev–Trinajstić information content (AvgIpc) is 2.97. The maximum absolute atomic E-state index is 14.4. The normalized spacial score (nSPS) is 11.2. The summed E-state index contributed by atoms with van der Waals surface area (Å²) in [6.45, 7) is 3.75. The van der Waals surface area contributed by atoms with E-state index in [0.29, 0.717) is 35.2 Å². The molecule has 0 N–H and O–H groups in total. The van der Waals surface area contributed by atoms with E-state index in [1.807, 2.05) is 38.1 Å². The topological polar surface area (TPSA) is 52.6 Å². The highest BCUT2D eigenvalue weighted by atomic mass is 19.2. The molecule has 5 rings (SSSR count). The molecule has 4 nitrogen and oxygen atoms in total. The minimum absolute atomic E-state index is 0.0286. The molecule has 0 radical (unpaired) electrons. The van der Waals surface area contributed by atoms with Gasteiger partial charge in [-0.15, -0.1) is 0 Å². The van der Waals surface area contributed by atoms with E-state index < -0.39 is 46.6 Å². The van der Waals surface area contributed by atoms with Crippen LogP contribution in [0.25, 0.3) is 21.5 Å². The van der Waals surface area contributed by atoms with Crippen molar-refractivity contribution in [1.82, 2.24) is 0 Å². The van der Waals surface area contributed by atoms with Crippen molar-refractivity contribution in [3.8, 4) is 11.5 Å². The van der Waals surface area contributed by atoms with E-state index >= 15 is 0 Å². The highest BCUT2D eigenvalue weighted by molar-refractivity contribution is 6.12. The van der Waals surface area contributed by atoms with Gasteiger partial charge < -0.3 is 9.47 Å². The van der Waals surface area contributed by atoms with Crippen molar-refractivity contribution in [2.24, 2.45) is 0 Å². The Kier molecular flexibility index (Phi) is 7.45. The molecule has 0 aromatic heterocycles. The monoisotopic (exact) mass is 564 g/mol. The number of ether oxygens (including phenoxy) is 2. The quantitative estimate of drug-likeness (QED) is 0.0685. The summed E-state index contributed by atoms with van der Waals surface area (Å²) in [4.78, 5) is 25.9. The second-order valence-electron chi connectivity index (χ2n) is 9.15. The van der Waals surface area contributed by atoms with Gasteiger partial charge in [0.15, 0.2) is 29.1 Å². The second-order valence-corrected chi connectivity index (χ2v) is 9.15. The molecule has 0 fully saturated rings. The molecule has 0 amide bonds. The zero-order valence-electron chi connectivity index (χ0n) is 21.8. The van der Waals surface area contributed by atoms with Gasteiger partial charge in [-0.2, -0.15) is 0 Å². The lowest BCUT2D eigenvalue weighted by molar-refractivity contribution is 0.0719. The van der Waals surface area contributed by atoms with Crippen molar-refractivity contribution in [2.75, 3.05) is 0 Å². The molecular weight excluding hydrogens is 543 g/mol. The molecule has 41 heavy (non-hydrogen) atoms. The van der Waals surface area contributed by atoms with Gasteiger partial charge in [0, 0.05) is 10.8 Å². The summed E-state index contributed by atoms with van der Waals surface area (Å²) >= 11 is 0. The SMILES string of the molecule is CCc1c2ccccc2c(CC)c2c(OC(=O)c3ccc(F)c(F)c3F)ccc(OC(=O)c3ccc(F)c(F)c3)c12. The predicted octanol–water partition coefficient (Wildman–Crippen LogP) is 8.25. The second kappa shape index (κ2) is 11.0. The van der Waals surface area contributed by atoms with Crippen LogP contribution in [0.1, 0.15) is 45.7 Å². The molecule has 0 atom stereocenters. The summed E-state index contributed by atoms with van der Waals surface area (Å²) in [5, 5.41) is 2.48. The first kappa shape index (κ1) is 27.8. The minimum atomic E-state index is -1.81. The van der Waals surface area contributed by atoms with E-state index in [2.05, 4.69) is 0 Å². The Hall–Kier alpha value is -4.79. The molecule has 0 aliphatic rings. The largest absolute Gasteiger partial charge is 0.422 e. The van der Waals surface area contributed by atoms with E-state index in [0.717, 1.165) is 40.6 Å². The molecule has 5 aromatic rings. The summed E-state index contributed by atoms with van der Waals surface area (Å²) in [5.41, 5.74) is 0.418. The van der Waals surface area contributed by atoms with Crippen LogP contribution in [0.5, 0.6) is 11.5 Å². The standard InChI is InChI=1S/C32H21F5O4/c1-3-17-19-7-5-6-8-20(19)18(4-2)28-26(41-32(39)21-10-12-23(34)30(37)29(21)36)14-13-25(27(17)28)40-31(38)16-9-11-22(33)24(35)15-16/h5-15H,3-4H2,1-2H3. The van der Waals surface area contributed by atoms with Crippen LogP contribution in [0, 0.1) is 29.1 Å². The van der Waals surface area contributed by atoms with Gasteiger partial charge >= 0.3 is 11.9 Å². The summed E-state index contributed by atoms with van der Waals surface area (Å²) in [6, 6.07) is 14.2. The first-order chi connectivity index (χ1) is 19.7. The molecule has 0 heterocycles. The lowest BCUT2D eigenvalue weighted by Crippen LogP contribution is -2.14. The smallest absolute Gasteiger partial charge is 0.346 e. The average molecular weight is 565 g/mol. The van der Waals surface area contributed by atoms with Crippen molar-refractivity contribution in [3.05, 3.63) is 118 Å². The molecule has 0 saturated carbocycles. The number of aryl methyl sites for hydroxylation is 2. The third kappa shape index (κ3) is 4.88. The van der Waals surface area contributed by atoms with E-state index in [9.17, 15) is 31.5 Å². The van der Waals surface area contributed by atoms with Crippen LogP contribution in [0.2, 0.25) is 0 Å². The maximum Gasteiger partial charge on any atom is 0.346 e. The van der Waals surface area contributed by atoms with Crippen molar-refractivity contribution in [3.63, 3.8) is 0 Å². The fourth-order valence-corrected chi connectivity index (χ4v) is 4.97. The fraction of sp³-hybridized carbons (Fsp3) is 0.125. The van der Waals surface area contributed by atoms with Crippen molar-refractivity contribution in [2.45, 2.75) is 26.7 Å². The lowest BCUT2D eigenvalue weighted by Gasteiger charge is -2.20. The lowest BCUT2D eigenvalue weighted by atomic mass is 9.88. The van der Waals surface area contributed by atoms with Gasteiger partial charge in [-0.25, -0.2) is 31.5 Å². The van der Waals surface area contributed by atoms with E-state index in [-0.39, 0.29) is 17.1 Å². The van der Waals surface area contributed by atoms with Crippen LogP contribution in [0.3, 0.4) is 0 Å². The van der Waals surface area contributed by atoms with E-state index in [1.165, 1.54) is 12.1 Å². The first-order valence-corrected chi connectivity index (χ1v) is 12.7. The zero-order chi connectivity index (χ0) is 29.4. The first-order valence-electron chi connectivity index (χ1n) is 12.7. The summed E-state index contributed by atoms with van der Waals surface area (Å²) in [7, 11) is 0. The molecule has 0 aliphatic heterocycles. The van der Waals surface area contributed by atoms with Crippen molar-refractivity contribution >= 4 is 33.5 Å². The van der Waals surface area contributed by atoms with Crippen LogP contribution >= 0.6 is 0 Å². The Labute approximate surface area is 230 Å². The van der Waals surface area contributed by atoms with E-state index in [4.69, 9.17) is 9.47 Å². The Morgan fingerprint density at radius 2 is 1.15 bits per heavy atom. The number of fused-ring (bicyclic) bond motifs is 2. The van der Waals surface area contributed by atoms with Gasteiger partial charge in [0.05, 0.1) is 11.1 Å².